The van der Waals surface area contributed by atoms with Gasteiger partial charge in [-0.3, -0.25) is 4.79 Å². The zero-order valence-corrected chi connectivity index (χ0v) is 9.70. The molecule has 0 radical (unpaired) electrons. The highest BCUT2D eigenvalue weighted by molar-refractivity contribution is 5.66. The predicted molar refractivity (Wildman–Crippen MR) is 56.8 cm³/mol. The van der Waals surface area contributed by atoms with E-state index in [0.29, 0.717) is 11.8 Å². The molecule has 1 rings (SSSR count). The molecule has 0 saturated heterocycles. The smallest absolute Gasteiger partial charge is 0.303 e. The fourth-order valence-electron chi connectivity index (χ4n) is 2.36. The molecule has 2 atom stereocenters. The summed E-state index contributed by atoms with van der Waals surface area (Å²) in [5.74, 6) is 0.880. The third-order valence-corrected chi connectivity index (χ3v) is 3.10. The first-order chi connectivity index (χ1) is 6.35. The van der Waals surface area contributed by atoms with Crippen LogP contribution in [-0.2, 0) is 9.53 Å². The van der Waals surface area contributed by atoms with Crippen molar-refractivity contribution in [1.29, 1.82) is 0 Å². The van der Waals surface area contributed by atoms with Gasteiger partial charge in [0.2, 0.25) is 0 Å². The van der Waals surface area contributed by atoms with Crippen molar-refractivity contribution >= 4 is 5.97 Å². The Morgan fingerprint density at radius 3 is 2.29 bits per heavy atom. The summed E-state index contributed by atoms with van der Waals surface area (Å²) in [7, 11) is 0. The highest BCUT2D eigenvalue weighted by Gasteiger charge is 2.42. The Kier molecular flexibility index (Phi) is 3.03. The van der Waals surface area contributed by atoms with Gasteiger partial charge < -0.3 is 4.74 Å². The van der Waals surface area contributed by atoms with Gasteiger partial charge in [0.05, 0.1) is 0 Å². The van der Waals surface area contributed by atoms with Gasteiger partial charge >= 0.3 is 5.97 Å². The van der Waals surface area contributed by atoms with Gasteiger partial charge in [-0.1, -0.05) is 33.8 Å². The summed E-state index contributed by atoms with van der Waals surface area (Å²) in [4.78, 5) is 10.9. The molecule has 0 fully saturated rings. The van der Waals surface area contributed by atoms with Crippen LogP contribution in [0.25, 0.3) is 0 Å². The summed E-state index contributed by atoms with van der Waals surface area (Å²) in [5.41, 5.74) is 0.0276. The quantitative estimate of drug-likeness (QED) is 0.501. The van der Waals surface area contributed by atoms with E-state index in [1.54, 1.807) is 0 Å². The van der Waals surface area contributed by atoms with Gasteiger partial charge in [-0.15, -0.1) is 0 Å². The van der Waals surface area contributed by atoms with E-state index >= 15 is 0 Å². The zero-order chi connectivity index (χ0) is 10.9. The Morgan fingerprint density at radius 2 is 1.93 bits per heavy atom. The molecule has 0 aromatic carbocycles. The zero-order valence-electron chi connectivity index (χ0n) is 9.70. The lowest BCUT2D eigenvalue weighted by Crippen LogP contribution is -2.35. The van der Waals surface area contributed by atoms with Crippen LogP contribution in [0, 0.1) is 17.3 Å². The van der Waals surface area contributed by atoms with E-state index in [1.807, 2.05) is 6.08 Å². The molecule has 0 aliphatic heterocycles. The maximum atomic E-state index is 10.9. The second kappa shape index (κ2) is 3.76. The number of rotatable bonds is 2. The Hall–Kier alpha value is -0.790. The van der Waals surface area contributed by atoms with Crippen molar-refractivity contribution in [2.24, 2.45) is 17.3 Å². The van der Waals surface area contributed by atoms with Gasteiger partial charge in [-0.2, -0.15) is 0 Å². The molecule has 0 aromatic heterocycles. The molecule has 0 amide bonds. The molecule has 1 aliphatic rings. The average Bonchev–Trinajstić information content (AvgIpc) is 2.26. The van der Waals surface area contributed by atoms with Crippen LogP contribution in [0.3, 0.4) is 0 Å². The standard InChI is InChI=1S/C12H20O2/c1-8(2)10-6-7-11(12(10,4)5)14-9(3)13/h6-8,10-11H,1-5H3. The van der Waals surface area contributed by atoms with E-state index in [0.717, 1.165) is 0 Å². The molecule has 2 heteroatoms. The van der Waals surface area contributed by atoms with E-state index in [2.05, 4.69) is 33.8 Å². The predicted octanol–water partition coefficient (Wildman–Crippen LogP) is 2.79. The number of hydrogen-bond acceptors (Lipinski definition) is 2. The van der Waals surface area contributed by atoms with Crippen LogP contribution in [-0.4, -0.2) is 12.1 Å². The number of carbonyl (C=O) groups is 1. The van der Waals surface area contributed by atoms with E-state index in [4.69, 9.17) is 4.74 Å². The summed E-state index contributed by atoms with van der Waals surface area (Å²) < 4.78 is 5.28. The van der Waals surface area contributed by atoms with Crippen LogP contribution in [0.5, 0.6) is 0 Å². The van der Waals surface area contributed by atoms with Crippen molar-refractivity contribution in [3.63, 3.8) is 0 Å². The molecular formula is C12H20O2. The minimum Gasteiger partial charge on any atom is -0.458 e. The summed E-state index contributed by atoms with van der Waals surface area (Å²) in [5, 5.41) is 0. The fraction of sp³-hybridized carbons (Fsp3) is 0.750. The molecular weight excluding hydrogens is 176 g/mol. The van der Waals surface area contributed by atoms with Crippen molar-refractivity contribution < 1.29 is 9.53 Å². The van der Waals surface area contributed by atoms with Crippen LogP contribution in [0.2, 0.25) is 0 Å². The average molecular weight is 196 g/mol. The van der Waals surface area contributed by atoms with E-state index in [9.17, 15) is 4.79 Å². The summed E-state index contributed by atoms with van der Waals surface area (Å²) in [6.45, 7) is 10.2. The summed E-state index contributed by atoms with van der Waals surface area (Å²) in [6, 6.07) is 0. The normalized spacial score (nSPS) is 29.6. The molecule has 0 saturated carbocycles. The molecule has 2 unspecified atom stereocenters. The number of esters is 1. The van der Waals surface area contributed by atoms with Crippen molar-refractivity contribution in [2.75, 3.05) is 0 Å². The summed E-state index contributed by atoms with van der Waals surface area (Å²) in [6.07, 6.45) is 4.14. The molecule has 1 aliphatic carbocycles. The van der Waals surface area contributed by atoms with E-state index in [-0.39, 0.29) is 17.5 Å². The monoisotopic (exact) mass is 196 g/mol. The van der Waals surface area contributed by atoms with Gasteiger partial charge in [-0.05, 0) is 17.9 Å². The Bertz CT molecular complexity index is 251. The molecule has 14 heavy (non-hydrogen) atoms. The molecule has 80 valence electrons. The first-order valence-electron chi connectivity index (χ1n) is 5.21. The van der Waals surface area contributed by atoms with Gasteiger partial charge in [0.15, 0.2) is 0 Å². The number of ether oxygens (including phenoxy) is 1. The third kappa shape index (κ3) is 1.99. The highest BCUT2D eigenvalue weighted by Crippen LogP contribution is 2.43. The van der Waals surface area contributed by atoms with Crippen LogP contribution < -0.4 is 0 Å². The van der Waals surface area contributed by atoms with E-state index in [1.165, 1.54) is 6.92 Å². The Labute approximate surface area is 86.3 Å². The van der Waals surface area contributed by atoms with Crippen molar-refractivity contribution in [1.82, 2.24) is 0 Å². The molecule has 0 heterocycles. The maximum Gasteiger partial charge on any atom is 0.303 e. The lowest BCUT2D eigenvalue weighted by Gasteiger charge is -2.34. The van der Waals surface area contributed by atoms with Gasteiger partial charge in [0.25, 0.3) is 0 Å². The first kappa shape index (κ1) is 11.3. The molecule has 0 spiro atoms. The lowest BCUT2D eigenvalue weighted by molar-refractivity contribution is -0.149. The van der Waals surface area contributed by atoms with Crippen LogP contribution in [0.1, 0.15) is 34.6 Å². The van der Waals surface area contributed by atoms with Crippen molar-refractivity contribution in [3.8, 4) is 0 Å². The first-order valence-corrected chi connectivity index (χ1v) is 5.21. The SMILES string of the molecule is CC(=O)OC1C=CC(C(C)C)C1(C)C. The molecule has 0 bridgehead atoms. The van der Waals surface area contributed by atoms with Crippen LogP contribution >= 0.6 is 0 Å². The third-order valence-electron chi connectivity index (χ3n) is 3.10. The van der Waals surface area contributed by atoms with E-state index < -0.39 is 0 Å². The van der Waals surface area contributed by atoms with Gasteiger partial charge in [0.1, 0.15) is 6.10 Å². The van der Waals surface area contributed by atoms with Crippen LogP contribution in [0.4, 0.5) is 0 Å². The largest absolute Gasteiger partial charge is 0.458 e. The molecule has 0 aromatic rings. The van der Waals surface area contributed by atoms with Crippen molar-refractivity contribution in [2.45, 2.75) is 40.7 Å². The number of carbonyl (C=O) groups excluding carboxylic acids is 1. The molecule has 0 N–H and O–H groups in total. The summed E-state index contributed by atoms with van der Waals surface area (Å²) >= 11 is 0. The topological polar surface area (TPSA) is 26.3 Å². The van der Waals surface area contributed by atoms with Crippen molar-refractivity contribution in [3.05, 3.63) is 12.2 Å². The second-order valence-corrected chi connectivity index (χ2v) is 5.01. The number of hydrogen-bond donors (Lipinski definition) is 0. The second-order valence-electron chi connectivity index (χ2n) is 5.01. The lowest BCUT2D eigenvalue weighted by atomic mass is 9.74. The number of allylic oxidation sites excluding steroid dienone is 1. The Balaban J connectivity index is 2.76. The maximum absolute atomic E-state index is 10.9. The fourth-order valence-corrected chi connectivity index (χ4v) is 2.36. The van der Waals surface area contributed by atoms with Gasteiger partial charge in [0, 0.05) is 12.3 Å². The molecule has 2 nitrogen and oxygen atoms in total. The minimum absolute atomic E-state index is 0.0276. The van der Waals surface area contributed by atoms with Gasteiger partial charge in [-0.25, -0.2) is 0 Å². The minimum atomic E-state index is -0.197. The Morgan fingerprint density at radius 1 is 1.36 bits per heavy atom. The highest BCUT2D eigenvalue weighted by atomic mass is 16.5. The van der Waals surface area contributed by atoms with Crippen LogP contribution in [0.15, 0.2) is 12.2 Å².